The summed E-state index contributed by atoms with van der Waals surface area (Å²) in [6, 6.07) is 0. The molecule has 2 N–H and O–H groups in total. The molecule has 7 nitrogen and oxygen atoms in total. The summed E-state index contributed by atoms with van der Waals surface area (Å²) < 4.78 is 1.44. The molecule has 0 amide bonds. The lowest BCUT2D eigenvalue weighted by Gasteiger charge is -2.11. The number of nitro groups is 1. The molecule has 18 heavy (non-hydrogen) atoms. The van der Waals surface area contributed by atoms with Gasteiger partial charge in [0.15, 0.2) is 0 Å². The third-order valence-corrected chi connectivity index (χ3v) is 2.52. The standard InChI is InChI=1S/C11H16N4O3/c1-4-5-12-6-10(16)7-14-9(3)11(15(17)18)8(2)13-14/h1,10,12,16H,5-7H2,2-3H3. The molecule has 1 unspecified atom stereocenters. The average molecular weight is 252 g/mol. The Labute approximate surface area is 105 Å². The second-order valence-corrected chi connectivity index (χ2v) is 3.95. The highest BCUT2D eigenvalue weighted by molar-refractivity contribution is 5.39. The van der Waals surface area contributed by atoms with Crippen molar-refractivity contribution in [1.29, 1.82) is 0 Å². The normalized spacial score (nSPS) is 12.1. The van der Waals surface area contributed by atoms with Crippen molar-refractivity contribution < 1.29 is 10.0 Å². The van der Waals surface area contributed by atoms with Crippen molar-refractivity contribution in [3.05, 3.63) is 21.5 Å². The molecule has 0 aromatic carbocycles. The first-order valence-electron chi connectivity index (χ1n) is 5.48. The predicted molar refractivity (Wildman–Crippen MR) is 66.1 cm³/mol. The van der Waals surface area contributed by atoms with Gasteiger partial charge >= 0.3 is 5.69 Å². The molecule has 0 saturated heterocycles. The van der Waals surface area contributed by atoms with Crippen LogP contribution in [0, 0.1) is 36.3 Å². The van der Waals surface area contributed by atoms with Gasteiger partial charge in [0.2, 0.25) is 0 Å². The monoisotopic (exact) mass is 252 g/mol. The minimum Gasteiger partial charge on any atom is -0.390 e. The first-order chi connectivity index (χ1) is 8.47. The van der Waals surface area contributed by atoms with E-state index in [0.29, 0.717) is 24.5 Å². The number of hydrogen-bond donors (Lipinski definition) is 2. The van der Waals surface area contributed by atoms with Crippen LogP contribution in [0.25, 0.3) is 0 Å². The molecule has 0 bridgehead atoms. The van der Waals surface area contributed by atoms with E-state index in [0.717, 1.165) is 0 Å². The van der Waals surface area contributed by atoms with Crippen molar-refractivity contribution >= 4 is 5.69 Å². The largest absolute Gasteiger partial charge is 0.390 e. The van der Waals surface area contributed by atoms with E-state index in [-0.39, 0.29) is 12.2 Å². The number of aliphatic hydroxyl groups excluding tert-OH is 1. The number of rotatable bonds is 6. The van der Waals surface area contributed by atoms with Crippen molar-refractivity contribution in [1.82, 2.24) is 15.1 Å². The summed E-state index contributed by atoms with van der Waals surface area (Å²) in [7, 11) is 0. The second-order valence-electron chi connectivity index (χ2n) is 3.95. The van der Waals surface area contributed by atoms with Gasteiger partial charge in [0.1, 0.15) is 11.4 Å². The van der Waals surface area contributed by atoms with Crippen molar-refractivity contribution in [3.63, 3.8) is 0 Å². The van der Waals surface area contributed by atoms with Crippen LogP contribution in [0.15, 0.2) is 0 Å². The number of nitrogens with one attached hydrogen (secondary N) is 1. The smallest absolute Gasteiger partial charge is 0.312 e. The average Bonchev–Trinajstić information content (AvgIpc) is 2.54. The molecule has 1 aromatic heterocycles. The Kier molecular flexibility index (Phi) is 4.83. The SMILES string of the molecule is C#CCNCC(O)Cn1nc(C)c([N+](=O)[O-])c1C. The Balaban J connectivity index is 2.71. The molecule has 0 aliphatic carbocycles. The Morgan fingerprint density at radius 2 is 2.33 bits per heavy atom. The van der Waals surface area contributed by atoms with Gasteiger partial charge in [-0.05, 0) is 13.8 Å². The lowest BCUT2D eigenvalue weighted by Crippen LogP contribution is -2.31. The van der Waals surface area contributed by atoms with Crippen LogP contribution in [0.4, 0.5) is 5.69 Å². The lowest BCUT2D eigenvalue weighted by atomic mass is 10.3. The zero-order valence-electron chi connectivity index (χ0n) is 10.4. The van der Waals surface area contributed by atoms with Gasteiger partial charge in [0.05, 0.1) is 24.1 Å². The highest BCUT2D eigenvalue weighted by atomic mass is 16.6. The summed E-state index contributed by atoms with van der Waals surface area (Å²) in [5.74, 6) is 2.39. The zero-order chi connectivity index (χ0) is 13.7. The molecule has 1 atom stereocenters. The fourth-order valence-corrected chi connectivity index (χ4v) is 1.70. The molecule has 1 rings (SSSR count). The number of hydrogen-bond acceptors (Lipinski definition) is 5. The molecule has 0 aliphatic rings. The van der Waals surface area contributed by atoms with E-state index >= 15 is 0 Å². The van der Waals surface area contributed by atoms with E-state index in [9.17, 15) is 15.2 Å². The summed E-state index contributed by atoms with van der Waals surface area (Å²) in [6.45, 7) is 4.06. The molecular weight excluding hydrogens is 236 g/mol. The van der Waals surface area contributed by atoms with Crippen molar-refractivity contribution in [2.45, 2.75) is 26.5 Å². The fraction of sp³-hybridized carbons (Fsp3) is 0.545. The minimum atomic E-state index is -0.698. The van der Waals surface area contributed by atoms with E-state index in [1.165, 1.54) is 4.68 Å². The van der Waals surface area contributed by atoms with Gasteiger partial charge in [0.25, 0.3) is 0 Å². The maximum atomic E-state index is 10.8. The van der Waals surface area contributed by atoms with Crippen LogP contribution in [0.3, 0.4) is 0 Å². The molecule has 98 valence electrons. The summed E-state index contributed by atoms with van der Waals surface area (Å²) in [4.78, 5) is 10.3. The van der Waals surface area contributed by atoms with Gasteiger partial charge < -0.3 is 10.4 Å². The Morgan fingerprint density at radius 1 is 1.67 bits per heavy atom. The third-order valence-electron chi connectivity index (χ3n) is 2.52. The van der Waals surface area contributed by atoms with Crippen LogP contribution < -0.4 is 5.32 Å². The molecule has 0 radical (unpaired) electrons. The van der Waals surface area contributed by atoms with Crippen molar-refractivity contribution in [3.8, 4) is 12.3 Å². The van der Waals surface area contributed by atoms with E-state index in [1.54, 1.807) is 13.8 Å². The maximum Gasteiger partial charge on any atom is 0.312 e. The summed E-state index contributed by atoms with van der Waals surface area (Å²) in [5, 5.41) is 27.4. The van der Waals surface area contributed by atoms with Gasteiger partial charge in [-0.25, -0.2) is 0 Å². The molecule has 0 spiro atoms. The molecule has 1 heterocycles. The lowest BCUT2D eigenvalue weighted by molar-refractivity contribution is -0.386. The van der Waals surface area contributed by atoms with Crippen molar-refractivity contribution in [2.75, 3.05) is 13.1 Å². The first-order valence-corrected chi connectivity index (χ1v) is 5.48. The van der Waals surface area contributed by atoms with Crippen LogP contribution >= 0.6 is 0 Å². The summed E-state index contributed by atoms with van der Waals surface area (Å²) in [5.41, 5.74) is 0.786. The first kappa shape index (κ1) is 14.2. The number of aliphatic hydroxyl groups is 1. The number of aryl methyl sites for hydroxylation is 1. The zero-order valence-corrected chi connectivity index (χ0v) is 10.4. The second kappa shape index (κ2) is 6.14. The molecule has 0 saturated carbocycles. The molecule has 0 fully saturated rings. The van der Waals surface area contributed by atoms with Crippen LogP contribution in [0.5, 0.6) is 0 Å². The predicted octanol–water partition coefficient (Wildman–Crippen LogP) is -0.00816. The number of nitrogens with zero attached hydrogens (tertiary/aromatic N) is 3. The molecule has 7 heteroatoms. The molecule has 1 aromatic rings. The number of aromatic nitrogens is 2. The van der Waals surface area contributed by atoms with Crippen molar-refractivity contribution in [2.24, 2.45) is 0 Å². The quantitative estimate of drug-likeness (QED) is 0.321. The Morgan fingerprint density at radius 3 is 2.83 bits per heavy atom. The molecule has 0 aliphatic heterocycles. The molecular formula is C11H16N4O3. The highest BCUT2D eigenvalue weighted by Crippen LogP contribution is 2.21. The minimum absolute atomic E-state index is 0.00113. The van der Waals surface area contributed by atoms with Crippen LogP contribution in [-0.4, -0.2) is 39.0 Å². The van der Waals surface area contributed by atoms with Gasteiger partial charge in [-0.15, -0.1) is 6.42 Å². The van der Waals surface area contributed by atoms with E-state index in [1.807, 2.05) is 0 Å². The van der Waals surface area contributed by atoms with Crippen LogP contribution in [-0.2, 0) is 6.54 Å². The van der Waals surface area contributed by atoms with Gasteiger partial charge in [-0.1, -0.05) is 5.92 Å². The van der Waals surface area contributed by atoms with Gasteiger partial charge in [-0.3, -0.25) is 14.8 Å². The fourth-order valence-electron chi connectivity index (χ4n) is 1.70. The van der Waals surface area contributed by atoms with Gasteiger partial charge in [-0.2, -0.15) is 5.10 Å². The van der Waals surface area contributed by atoms with Crippen LogP contribution in [0.2, 0.25) is 0 Å². The maximum absolute atomic E-state index is 10.8. The van der Waals surface area contributed by atoms with Crippen LogP contribution in [0.1, 0.15) is 11.4 Å². The summed E-state index contributed by atoms with van der Waals surface area (Å²) >= 11 is 0. The Bertz CT molecular complexity index is 475. The summed E-state index contributed by atoms with van der Waals surface area (Å²) in [6.07, 6.45) is 4.36. The van der Waals surface area contributed by atoms with E-state index in [4.69, 9.17) is 6.42 Å². The topological polar surface area (TPSA) is 93.2 Å². The van der Waals surface area contributed by atoms with E-state index < -0.39 is 11.0 Å². The Hall–Kier alpha value is -1.91. The van der Waals surface area contributed by atoms with E-state index in [2.05, 4.69) is 16.3 Å². The van der Waals surface area contributed by atoms with Gasteiger partial charge in [0, 0.05) is 6.54 Å². The highest BCUT2D eigenvalue weighted by Gasteiger charge is 2.22. The number of terminal acetylenes is 1. The third kappa shape index (κ3) is 3.29.